The van der Waals surface area contributed by atoms with E-state index in [-0.39, 0.29) is 36.4 Å². The zero-order chi connectivity index (χ0) is 13.8. The molecule has 0 bridgehead atoms. The number of carbonyl (C=O) groups excluding carboxylic acids is 1. The number of aliphatic imine (C=N–C) groups is 1. The van der Waals surface area contributed by atoms with Crippen LogP contribution >= 0.6 is 24.0 Å². The molecule has 0 rings (SSSR count). The van der Waals surface area contributed by atoms with Crippen LogP contribution in [-0.4, -0.2) is 77.9 Å². The third kappa shape index (κ3) is 12.2. The van der Waals surface area contributed by atoms with Crippen molar-refractivity contribution in [2.75, 3.05) is 61.2 Å². The van der Waals surface area contributed by atoms with Crippen LogP contribution in [0.5, 0.6) is 0 Å². The molecule has 0 aliphatic carbocycles. The number of nitrogens with one attached hydrogen (secondary N) is 2. The molecule has 0 heterocycles. The number of nitrogens with zero attached hydrogens (tertiary/aromatic N) is 2. The van der Waals surface area contributed by atoms with E-state index in [9.17, 15) is 4.79 Å². The molecule has 0 aliphatic rings. The Bertz CT molecular complexity index is 250. The third-order valence-corrected chi connectivity index (χ3v) is 2.07. The van der Waals surface area contributed by atoms with Gasteiger partial charge >= 0.3 is 0 Å². The van der Waals surface area contributed by atoms with Crippen molar-refractivity contribution in [3.63, 3.8) is 0 Å². The largest absolute Gasteiger partial charge is 0.383 e. The van der Waals surface area contributed by atoms with Gasteiger partial charge in [0.1, 0.15) is 6.54 Å². The van der Waals surface area contributed by atoms with Crippen LogP contribution in [0.2, 0.25) is 0 Å². The minimum atomic E-state index is -0.0467. The smallest absolute Gasteiger partial charge is 0.243 e. The van der Waals surface area contributed by atoms with E-state index >= 15 is 0 Å². The molecule has 0 spiro atoms. The number of methoxy groups -OCH3 is 2. The molecule has 7 nitrogen and oxygen atoms in total. The summed E-state index contributed by atoms with van der Waals surface area (Å²) >= 11 is 0. The summed E-state index contributed by atoms with van der Waals surface area (Å²) in [5, 5.41) is 6.12. The molecule has 0 saturated heterocycles. The molecule has 8 heteroatoms. The molecule has 0 saturated carbocycles. The van der Waals surface area contributed by atoms with Crippen molar-refractivity contribution in [3.05, 3.63) is 0 Å². The lowest BCUT2D eigenvalue weighted by molar-refractivity contribution is -0.127. The van der Waals surface area contributed by atoms with Gasteiger partial charge in [0.15, 0.2) is 5.96 Å². The van der Waals surface area contributed by atoms with Crippen molar-refractivity contribution in [2.45, 2.75) is 0 Å². The highest BCUT2D eigenvalue weighted by atomic mass is 127. The number of rotatable bonds is 8. The van der Waals surface area contributed by atoms with Crippen molar-refractivity contribution in [1.29, 1.82) is 0 Å². The van der Waals surface area contributed by atoms with Crippen molar-refractivity contribution in [1.82, 2.24) is 15.5 Å². The lowest BCUT2D eigenvalue weighted by Gasteiger charge is -2.13. The van der Waals surface area contributed by atoms with Gasteiger partial charge in [-0.05, 0) is 0 Å². The molecule has 0 aliphatic heterocycles. The number of hydrogen-bond donors (Lipinski definition) is 2. The number of amides is 1. The normalized spacial score (nSPS) is 9.26. The molecule has 0 unspecified atom stereocenters. The van der Waals surface area contributed by atoms with Crippen molar-refractivity contribution < 1.29 is 14.3 Å². The van der Waals surface area contributed by atoms with Crippen molar-refractivity contribution >= 4 is 35.8 Å². The van der Waals surface area contributed by atoms with Crippen molar-refractivity contribution in [3.8, 4) is 0 Å². The molecule has 0 fully saturated rings. The zero-order valence-corrected chi connectivity index (χ0v) is 14.4. The highest BCUT2D eigenvalue weighted by molar-refractivity contribution is 14.0. The van der Waals surface area contributed by atoms with Crippen LogP contribution in [0.1, 0.15) is 0 Å². The van der Waals surface area contributed by atoms with Gasteiger partial charge < -0.3 is 25.0 Å². The maximum Gasteiger partial charge on any atom is 0.243 e. The molecule has 1 amide bonds. The average molecular weight is 388 g/mol. The Balaban J connectivity index is 0. The minimum absolute atomic E-state index is 0. The molecular formula is C11H25IN4O3. The topological polar surface area (TPSA) is 75.2 Å². The van der Waals surface area contributed by atoms with E-state index in [2.05, 4.69) is 15.6 Å². The third-order valence-electron chi connectivity index (χ3n) is 2.07. The molecule has 0 atom stereocenters. The van der Waals surface area contributed by atoms with Gasteiger partial charge in [-0.15, -0.1) is 24.0 Å². The molecule has 0 aromatic heterocycles. The Morgan fingerprint density at radius 2 is 1.58 bits per heavy atom. The molecule has 2 N–H and O–H groups in total. The number of hydrogen-bond acceptors (Lipinski definition) is 4. The maximum absolute atomic E-state index is 11.4. The minimum Gasteiger partial charge on any atom is -0.383 e. The summed E-state index contributed by atoms with van der Waals surface area (Å²) in [6.45, 7) is 2.53. The summed E-state index contributed by atoms with van der Waals surface area (Å²) in [7, 11) is 6.67. The molecule has 0 aromatic carbocycles. The van der Waals surface area contributed by atoms with E-state index in [1.54, 1.807) is 28.3 Å². The number of carbonyl (C=O) groups is 1. The maximum atomic E-state index is 11.4. The van der Waals surface area contributed by atoms with E-state index in [1.165, 1.54) is 4.90 Å². The number of guanidine groups is 1. The standard InChI is InChI=1S/C11H24N4O3.HI/c1-15(2)10(16)9-14-11(12-5-7-17-3)13-6-8-18-4;/h5-9H2,1-4H3,(H2,12,13,14);1H. The van der Waals surface area contributed by atoms with Crippen LogP contribution in [0.25, 0.3) is 0 Å². The van der Waals surface area contributed by atoms with Crippen LogP contribution < -0.4 is 10.6 Å². The van der Waals surface area contributed by atoms with Gasteiger partial charge in [0.2, 0.25) is 5.91 Å². The SMILES string of the molecule is COCCNC(=NCC(=O)N(C)C)NCCOC.I. The second-order valence-electron chi connectivity index (χ2n) is 3.79. The van der Waals surface area contributed by atoms with Gasteiger partial charge in [0.05, 0.1) is 13.2 Å². The van der Waals surface area contributed by atoms with Crippen LogP contribution in [0.3, 0.4) is 0 Å². The Hall–Kier alpha value is -0.610. The number of likely N-dealkylation sites (N-methyl/N-ethyl adjacent to an activating group) is 1. The molecular weight excluding hydrogens is 363 g/mol. The van der Waals surface area contributed by atoms with Gasteiger partial charge in [-0.2, -0.15) is 0 Å². The summed E-state index contributed by atoms with van der Waals surface area (Å²) in [6, 6.07) is 0. The lowest BCUT2D eigenvalue weighted by Crippen LogP contribution is -2.41. The van der Waals surface area contributed by atoms with E-state index in [0.29, 0.717) is 32.3 Å². The molecule has 0 aromatic rings. The average Bonchev–Trinajstić information content (AvgIpc) is 2.35. The predicted octanol–water partition coefficient (Wildman–Crippen LogP) is -0.479. The first-order valence-electron chi connectivity index (χ1n) is 5.82. The Kier molecular flexibility index (Phi) is 15.1. The van der Waals surface area contributed by atoms with E-state index in [1.807, 2.05) is 0 Å². The predicted molar refractivity (Wildman–Crippen MR) is 86.2 cm³/mol. The van der Waals surface area contributed by atoms with Crippen LogP contribution in [0, 0.1) is 0 Å². The van der Waals surface area contributed by atoms with Gasteiger partial charge in [0, 0.05) is 41.4 Å². The molecule has 114 valence electrons. The first kappa shape index (κ1) is 20.7. The van der Waals surface area contributed by atoms with E-state index < -0.39 is 0 Å². The first-order valence-corrected chi connectivity index (χ1v) is 5.82. The fourth-order valence-corrected chi connectivity index (χ4v) is 1.01. The van der Waals surface area contributed by atoms with Crippen molar-refractivity contribution in [2.24, 2.45) is 4.99 Å². The first-order chi connectivity index (χ1) is 8.61. The monoisotopic (exact) mass is 388 g/mol. The quantitative estimate of drug-likeness (QED) is 0.254. The van der Waals surface area contributed by atoms with E-state index in [0.717, 1.165) is 0 Å². The van der Waals surface area contributed by atoms with Gasteiger partial charge in [0.25, 0.3) is 0 Å². The number of ether oxygens (including phenoxy) is 2. The van der Waals surface area contributed by atoms with Crippen LogP contribution in [0.4, 0.5) is 0 Å². The Morgan fingerprint density at radius 3 is 1.95 bits per heavy atom. The highest BCUT2D eigenvalue weighted by Crippen LogP contribution is 1.81. The fraction of sp³-hybridized carbons (Fsp3) is 0.818. The summed E-state index contributed by atoms with van der Waals surface area (Å²) < 4.78 is 9.87. The fourth-order valence-electron chi connectivity index (χ4n) is 1.01. The Morgan fingerprint density at radius 1 is 1.11 bits per heavy atom. The summed E-state index contributed by atoms with van der Waals surface area (Å²) in [5.41, 5.74) is 0. The van der Waals surface area contributed by atoms with Gasteiger partial charge in [-0.3, -0.25) is 4.79 Å². The van der Waals surface area contributed by atoms with Crippen LogP contribution in [0.15, 0.2) is 4.99 Å². The highest BCUT2D eigenvalue weighted by Gasteiger charge is 2.03. The zero-order valence-electron chi connectivity index (χ0n) is 12.1. The lowest BCUT2D eigenvalue weighted by atomic mass is 10.5. The van der Waals surface area contributed by atoms with Gasteiger partial charge in [-0.25, -0.2) is 4.99 Å². The molecule has 0 radical (unpaired) electrons. The Labute approximate surface area is 132 Å². The number of halogens is 1. The van der Waals surface area contributed by atoms with Gasteiger partial charge in [-0.1, -0.05) is 0 Å². The second kappa shape index (κ2) is 13.8. The summed E-state index contributed by atoms with van der Waals surface area (Å²) in [5.74, 6) is 0.536. The molecule has 19 heavy (non-hydrogen) atoms. The second-order valence-corrected chi connectivity index (χ2v) is 3.79. The van der Waals surface area contributed by atoms with E-state index in [4.69, 9.17) is 9.47 Å². The summed E-state index contributed by atoms with van der Waals surface area (Å²) in [4.78, 5) is 17.1. The van der Waals surface area contributed by atoms with Crippen LogP contribution in [-0.2, 0) is 14.3 Å². The summed E-state index contributed by atoms with van der Waals surface area (Å²) in [6.07, 6.45) is 0.